The summed E-state index contributed by atoms with van der Waals surface area (Å²) in [6.07, 6.45) is 4.90. The molecule has 0 aliphatic carbocycles. The SMILES string of the molecule is C#CCNS(=O)(=O)c1ccc(CO)o1. The fourth-order valence-corrected chi connectivity index (χ4v) is 1.68. The monoisotopic (exact) mass is 215 g/mol. The van der Waals surface area contributed by atoms with Gasteiger partial charge in [-0.2, -0.15) is 4.72 Å². The van der Waals surface area contributed by atoms with Crippen molar-refractivity contribution in [3.8, 4) is 12.3 Å². The molecule has 0 unspecified atom stereocenters. The van der Waals surface area contributed by atoms with Crippen LogP contribution in [0.15, 0.2) is 21.6 Å². The summed E-state index contributed by atoms with van der Waals surface area (Å²) in [6, 6.07) is 2.63. The van der Waals surface area contributed by atoms with Crippen LogP contribution in [0.1, 0.15) is 5.76 Å². The summed E-state index contributed by atoms with van der Waals surface area (Å²) in [5.74, 6) is 2.32. The molecule has 0 spiro atoms. The van der Waals surface area contributed by atoms with Crippen LogP contribution in [0.3, 0.4) is 0 Å². The van der Waals surface area contributed by atoms with Crippen molar-refractivity contribution in [1.29, 1.82) is 0 Å². The van der Waals surface area contributed by atoms with E-state index in [1.807, 2.05) is 0 Å². The summed E-state index contributed by atoms with van der Waals surface area (Å²) in [7, 11) is -3.68. The molecule has 1 aromatic heterocycles. The molecule has 1 aromatic rings. The standard InChI is InChI=1S/C8H9NO4S/c1-2-5-9-14(11,12)8-4-3-7(6-10)13-8/h1,3-4,9-10H,5-6H2. The van der Waals surface area contributed by atoms with E-state index in [4.69, 9.17) is 15.9 Å². The van der Waals surface area contributed by atoms with E-state index in [-0.39, 0.29) is 24.0 Å². The number of furan rings is 1. The molecule has 0 amide bonds. The summed E-state index contributed by atoms with van der Waals surface area (Å²) in [5.41, 5.74) is 0. The molecule has 1 heterocycles. The maximum absolute atomic E-state index is 11.3. The third-order valence-corrected chi connectivity index (χ3v) is 2.70. The molecule has 0 aromatic carbocycles. The minimum Gasteiger partial charge on any atom is -0.446 e. The minimum atomic E-state index is -3.68. The molecular formula is C8H9NO4S. The van der Waals surface area contributed by atoms with Crippen molar-refractivity contribution in [2.24, 2.45) is 0 Å². The molecule has 0 bridgehead atoms. The van der Waals surface area contributed by atoms with Crippen LogP contribution in [-0.4, -0.2) is 20.1 Å². The Morgan fingerprint density at radius 2 is 2.29 bits per heavy atom. The number of hydrogen-bond donors (Lipinski definition) is 2. The van der Waals surface area contributed by atoms with Gasteiger partial charge in [-0.1, -0.05) is 5.92 Å². The van der Waals surface area contributed by atoms with Crippen molar-refractivity contribution in [3.05, 3.63) is 17.9 Å². The van der Waals surface area contributed by atoms with E-state index in [0.717, 1.165) is 0 Å². The Labute approximate surface area is 81.8 Å². The Bertz CT molecular complexity index is 440. The second-order valence-corrected chi connectivity index (χ2v) is 4.11. The molecule has 76 valence electrons. The number of sulfonamides is 1. The van der Waals surface area contributed by atoms with E-state index < -0.39 is 10.0 Å². The van der Waals surface area contributed by atoms with Crippen LogP contribution in [0, 0.1) is 12.3 Å². The van der Waals surface area contributed by atoms with Crippen LogP contribution < -0.4 is 4.72 Å². The third kappa shape index (κ3) is 2.35. The molecule has 0 atom stereocenters. The fourth-order valence-electron chi connectivity index (χ4n) is 0.795. The quantitative estimate of drug-likeness (QED) is 0.675. The lowest BCUT2D eigenvalue weighted by atomic mass is 10.5. The average molecular weight is 215 g/mol. The third-order valence-electron chi connectivity index (χ3n) is 1.42. The molecule has 0 saturated carbocycles. The normalized spacial score (nSPS) is 11.1. The highest BCUT2D eigenvalue weighted by molar-refractivity contribution is 7.89. The summed E-state index contributed by atoms with van der Waals surface area (Å²) < 4.78 is 29.6. The Morgan fingerprint density at radius 1 is 1.57 bits per heavy atom. The van der Waals surface area contributed by atoms with Gasteiger partial charge in [-0.15, -0.1) is 6.42 Å². The molecule has 5 nitrogen and oxygen atoms in total. The van der Waals surface area contributed by atoms with Crippen molar-refractivity contribution < 1.29 is 17.9 Å². The van der Waals surface area contributed by atoms with Crippen LogP contribution in [0.4, 0.5) is 0 Å². The first-order valence-electron chi connectivity index (χ1n) is 3.73. The van der Waals surface area contributed by atoms with Gasteiger partial charge >= 0.3 is 0 Å². The zero-order valence-electron chi connectivity index (χ0n) is 7.23. The number of hydrogen-bond acceptors (Lipinski definition) is 4. The van der Waals surface area contributed by atoms with Gasteiger partial charge in [0.2, 0.25) is 5.09 Å². The van der Waals surface area contributed by atoms with Gasteiger partial charge in [0.15, 0.2) is 0 Å². The second kappa shape index (κ2) is 4.28. The van der Waals surface area contributed by atoms with Gasteiger partial charge in [-0.25, -0.2) is 8.42 Å². The number of aliphatic hydroxyl groups is 1. The van der Waals surface area contributed by atoms with Gasteiger partial charge in [0, 0.05) is 0 Å². The Hall–Kier alpha value is -1.29. The predicted octanol–water partition coefficient (Wildman–Crippen LogP) is -0.317. The highest BCUT2D eigenvalue weighted by Crippen LogP contribution is 2.13. The Balaban J connectivity index is 2.88. The van der Waals surface area contributed by atoms with Crippen molar-refractivity contribution in [2.75, 3.05) is 6.54 Å². The lowest BCUT2D eigenvalue weighted by Crippen LogP contribution is -2.23. The molecule has 0 fully saturated rings. The van der Waals surface area contributed by atoms with E-state index >= 15 is 0 Å². The minimum absolute atomic E-state index is 0.0997. The first-order valence-corrected chi connectivity index (χ1v) is 5.21. The number of aliphatic hydroxyl groups excluding tert-OH is 1. The van der Waals surface area contributed by atoms with Crippen LogP contribution in [-0.2, 0) is 16.6 Å². The van der Waals surface area contributed by atoms with E-state index in [0.29, 0.717) is 0 Å². The summed E-state index contributed by atoms with van der Waals surface area (Å²) in [4.78, 5) is 0. The molecule has 14 heavy (non-hydrogen) atoms. The van der Waals surface area contributed by atoms with Crippen LogP contribution in [0.2, 0.25) is 0 Å². The molecule has 0 aliphatic heterocycles. The largest absolute Gasteiger partial charge is 0.446 e. The van der Waals surface area contributed by atoms with E-state index in [2.05, 4.69) is 10.6 Å². The zero-order chi connectivity index (χ0) is 10.6. The fraction of sp³-hybridized carbons (Fsp3) is 0.250. The van der Waals surface area contributed by atoms with Gasteiger partial charge in [-0.3, -0.25) is 0 Å². The van der Waals surface area contributed by atoms with Crippen molar-refractivity contribution in [1.82, 2.24) is 4.72 Å². The first-order chi connectivity index (χ1) is 6.60. The van der Waals surface area contributed by atoms with Gasteiger partial charge in [0.1, 0.15) is 12.4 Å². The van der Waals surface area contributed by atoms with Gasteiger partial charge in [-0.05, 0) is 12.1 Å². The van der Waals surface area contributed by atoms with Crippen LogP contribution in [0.5, 0.6) is 0 Å². The lowest BCUT2D eigenvalue weighted by molar-refractivity contribution is 0.236. The van der Waals surface area contributed by atoms with E-state index in [1.165, 1.54) is 12.1 Å². The zero-order valence-corrected chi connectivity index (χ0v) is 8.04. The molecule has 0 radical (unpaired) electrons. The average Bonchev–Trinajstić information content (AvgIpc) is 2.63. The molecule has 6 heteroatoms. The van der Waals surface area contributed by atoms with Crippen LogP contribution >= 0.6 is 0 Å². The second-order valence-electron chi connectivity index (χ2n) is 2.41. The molecule has 1 rings (SSSR count). The number of rotatable bonds is 4. The Kier molecular flexibility index (Phi) is 3.30. The molecule has 0 saturated heterocycles. The molecular weight excluding hydrogens is 206 g/mol. The predicted molar refractivity (Wildman–Crippen MR) is 48.7 cm³/mol. The van der Waals surface area contributed by atoms with Crippen molar-refractivity contribution in [2.45, 2.75) is 11.7 Å². The molecule has 0 aliphatic rings. The first kappa shape index (κ1) is 10.8. The Morgan fingerprint density at radius 3 is 2.79 bits per heavy atom. The highest BCUT2D eigenvalue weighted by Gasteiger charge is 2.17. The molecule has 2 N–H and O–H groups in total. The van der Waals surface area contributed by atoms with Gasteiger partial charge in [0.25, 0.3) is 10.0 Å². The summed E-state index contributed by atoms with van der Waals surface area (Å²) in [5, 5.41) is 8.40. The lowest BCUT2D eigenvalue weighted by Gasteiger charge is -1.98. The number of terminal acetylenes is 1. The van der Waals surface area contributed by atoms with E-state index in [1.54, 1.807) is 0 Å². The number of nitrogens with one attached hydrogen (secondary N) is 1. The maximum atomic E-state index is 11.3. The smallest absolute Gasteiger partial charge is 0.274 e. The summed E-state index contributed by atoms with van der Waals surface area (Å²) >= 11 is 0. The highest BCUT2D eigenvalue weighted by atomic mass is 32.2. The van der Waals surface area contributed by atoms with Crippen LogP contribution in [0.25, 0.3) is 0 Å². The topological polar surface area (TPSA) is 79.5 Å². The van der Waals surface area contributed by atoms with Gasteiger partial charge in [0.05, 0.1) is 6.54 Å². The van der Waals surface area contributed by atoms with Crippen molar-refractivity contribution in [3.63, 3.8) is 0 Å². The maximum Gasteiger partial charge on any atom is 0.274 e. The van der Waals surface area contributed by atoms with Crippen molar-refractivity contribution >= 4 is 10.0 Å². The van der Waals surface area contributed by atoms with E-state index in [9.17, 15) is 8.42 Å². The summed E-state index contributed by atoms with van der Waals surface area (Å²) in [6.45, 7) is -0.442. The van der Waals surface area contributed by atoms with Gasteiger partial charge < -0.3 is 9.52 Å².